The van der Waals surface area contributed by atoms with Crippen molar-refractivity contribution >= 4 is 18.4 Å². The highest BCUT2D eigenvalue weighted by molar-refractivity contribution is 5.74. The number of hydrogen-bond donors (Lipinski definition) is 2. The van der Waals surface area contributed by atoms with Crippen LogP contribution in [0.4, 0.5) is 8.78 Å². The van der Waals surface area contributed by atoms with E-state index in [1.54, 1.807) is 12.1 Å². The van der Waals surface area contributed by atoms with Gasteiger partial charge in [0.25, 0.3) is 0 Å². The average Bonchev–Trinajstić information content (AvgIpc) is 3.51. The third kappa shape index (κ3) is 5.33. The number of nitrogens with zero attached hydrogens (tertiary/aromatic N) is 4. The molecular weight excluding hydrogens is 426 g/mol. The summed E-state index contributed by atoms with van der Waals surface area (Å²) in [6.07, 6.45) is 2.13. The van der Waals surface area contributed by atoms with Crippen LogP contribution in [0.5, 0.6) is 0 Å². The Balaban J connectivity index is 0.000000161. The van der Waals surface area contributed by atoms with Crippen LogP contribution in [0.15, 0.2) is 23.1 Å². The Morgan fingerprint density at radius 2 is 1.97 bits per heavy atom. The van der Waals surface area contributed by atoms with Gasteiger partial charge in [0.15, 0.2) is 12.0 Å². The van der Waals surface area contributed by atoms with Crippen molar-refractivity contribution in [1.29, 1.82) is 0 Å². The molecule has 4 heterocycles. The van der Waals surface area contributed by atoms with Crippen molar-refractivity contribution in [3.63, 3.8) is 0 Å². The fraction of sp³-hybridized carbons (Fsp3) is 0.400. The van der Waals surface area contributed by atoms with Gasteiger partial charge in [0.1, 0.15) is 17.9 Å². The van der Waals surface area contributed by atoms with Crippen LogP contribution in [-0.2, 0) is 16.0 Å². The molecule has 0 bridgehead atoms. The van der Waals surface area contributed by atoms with Gasteiger partial charge in [0, 0.05) is 18.8 Å². The molecule has 172 valence electrons. The monoisotopic (exact) mass is 450 g/mol. The lowest BCUT2D eigenvalue weighted by molar-refractivity contribution is -0.346. The molecule has 12 heteroatoms. The summed E-state index contributed by atoms with van der Waals surface area (Å²) in [6, 6.07) is 1.61. The summed E-state index contributed by atoms with van der Waals surface area (Å²) in [5.41, 5.74) is 2.04. The number of carbonyl (C=O) groups excluding carboxylic acids is 1. The van der Waals surface area contributed by atoms with Gasteiger partial charge in [-0.2, -0.15) is 5.10 Å². The number of carbonyl (C=O) groups is 1. The first-order valence-electron chi connectivity index (χ1n) is 9.81. The Kier molecular flexibility index (Phi) is 7.28. The predicted molar refractivity (Wildman–Crippen MR) is 110 cm³/mol. The molecule has 1 fully saturated rings. The van der Waals surface area contributed by atoms with E-state index in [1.807, 2.05) is 38.8 Å². The van der Waals surface area contributed by atoms with Gasteiger partial charge >= 0.3 is 6.29 Å². The second kappa shape index (κ2) is 9.94. The zero-order valence-corrected chi connectivity index (χ0v) is 18.0. The number of alkyl halides is 2. The van der Waals surface area contributed by atoms with Crippen LogP contribution in [0.1, 0.15) is 23.1 Å². The van der Waals surface area contributed by atoms with Crippen molar-refractivity contribution in [1.82, 2.24) is 30.2 Å². The van der Waals surface area contributed by atoms with Gasteiger partial charge in [0.05, 0.1) is 28.3 Å². The van der Waals surface area contributed by atoms with Gasteiger partial charge in [-0.1, -0.05) is 5.16 Å². The third-order valence-electron chi connectivity index (χ3n) is 4.41. The van der Waals surface area contributed by atoms with Crippen molar-refractivity contribution < 1.29 is 27.6 Å². The maximum Gasteiger partial charge on any atom is 0.486 e. The Morgan fingerprint density at radius 3 is 2.56 bits per heavy atom. The zero-order valence-electron chi connectivity index (χ0n) is 18.0. The number of fused-ring (bicyclic) bond motifs is 2. The van der Waals surface area contributed by atoms with Crippen LogP contribution in [0.25, 0.3) is 23.5 Å². The Morgan fingerprint density at radius 1 is 1.28 bits per heavy atom. The Labute approximate surface area is 181 Å². The maximum absolute atomic E-state index is 12.7. The predicted octanol–water partition coefficient (Wildman–Crippen LogP) is 0.833. The molecule has 0 amide bonds. The van der Waals surface area contributed by atoms with E-state index in [0.717, 1.165) is 17.8 Å². The molecule has 1 aliphatic carbocycles. The van der Waals surface area contributed by atoms with Crippen LogP contribution < -0.4 is 16.0 Å². The van der Waals surface area contributed by atoms with E-state index in [2.05, 4.69) is 35.0 Å². The molecule has 0 radical (unpaired) electrons. The first kappa shape index (κ1) is 23.4. The van der Waals surface area contributed by atoms with E-state index < -0.39 is 18.5 Å². The van der Waals surface area contributed by atoms with E-state index >= 15 is 0 Å². The fourth-order valence-electron chi connectivity index (χ4n) is 3.03. The van der Waals surface area contributed by atoms with Crippen LogP contribution in [0.2, 0.25) is 0 Å². The second-order valence-electron chi connectivity index (χ2n) is 6.88. The lowest BCUT2D eigenvalue weighted by atomic mass is 10.1. The Hall–Kier alpha value is -3.22. The number of aromatic nitrogens is 5. The summed E-state index contributed by atoms with van der Waals surface area (Å²) >= 11 is 0. The van der Waals surface area contributed by atoms with Gasteiger partial charge in [-0.05, 0) is 40.1 Å². The van der Waals surface area contributed by atoms with Crippen LogP contribution in [0, 0.1) is 6.92 Å². The van der Waals surface area contributed by atoms with E-state index in [0.29, 0.717) is 28.4 Å². The largest absolute Gasteiger partial charge is 0.486 e. The molecule has 2 aliphatic rings. The van der Waals surface area contributed by atoms with E-state index in [9.17, 15) is 13.6 Å². The van der Waals surface area contributed by atoms with E-state index in [1.165, 1.54) is 12.4 Å². The SMILES string of the molecule is CCn1cc(-c2cc(C=O)no2)c(C)n1.CNC.FC1(F)OC2C=c3nc[nH]c3=CC2O1. The number of imidazole rings is 1. The van der Waals surface area contributed by atoms with Crippen molar-refractivity contribution in [3.05, 3.63) is 40.7 Å². The molecule has 1 aliphatic heterocycles. The number of aromatic amines is 1. The smallest absolute Gasteiger partial charge is 0.355 e. The van der Waals surface area contributed by atoms with Crippen molar-refractivity contribution in [2.24, 2.45) is 0 Å². The molecule has 0 saturated carbocycles. The summed E-state index contributed by atoms with van der Waals surface area (Å²) in [4.78, 5) is 17.2. The molecule has 3 aromatic rings. The van der Waals surface area contributed by atoms with Crippen LogP contribution >= 0.6 is 0 Å². The van der Waals surface area contributed by atoms with Gasteiger partial charge in [0.2, 0.25) is 0 Å². The van der Waals surface area contributed by atoms with Gasteiger partial charge in [-0.15, -0.1) is 8.78 Å². The molecule has 2 unspecified atom stereocenters. The fourth-order valence-corrected chi connectivity index (χ4v) is 3.03. The van der Waals surface area contributed by atoms with Gasteiger partial charge < -0.3 is 14.8 Å². The number of H-pyrrole nitrogens is 1. The summed E-state index contributed by atoms with van der Waals surface area (Å²) in [5.74, 6) is 0.578. The first-order valence-corrected chi connectivity index (χ1v) is 9.81. The normalized spacial score (nSPS) is 19.8. The number of rotatable bonds is 3. The molecule has 32 heavy (non-hydrogen) atoms. The lowest BCUT2D eigenvalue weighted by Gasteiger charge is -2.08. The summed E-state index contributed by atoms with van der Waals surface area (Å²) in [6.45, 7) is 4.70. The Bertz CT molecular complexity index is 1130. The average molecular weight is 450 g/mol. The number of aryl methyl sites for hydroxylation is 2. The number of halogens is 2. The summed E-state index contributed by atoms with van der Waals surface area (Å²) < 4.78 is 41.0. The number of aldehydes is 1. The standard InChI is InChI=1S/C10H11N3O2.C8H6F2N2O2.C2H7N/c1-3-13-5-9(7(2)11-13)10-4-8(6-14)12-15-10;9-8(10)13-6-1-4-5(12-3-11-4)2-7(6)14-8;1-3-2/h4-6H,3H2,1-2H3;1-3,6-7H,(H,11,12);3H,1-2H3. The van der Waals surface area contributed by atoms with Crippen molar-refractivity contribution in [3.8, 4) is 11.3 Å². The minimum absolute atomic E-state index is 0.300. The lowest BCUT2D eigenvalue weighted by Crippen LogP contribution is -2.36. The minimum Gasteiger partial charge on any atom is -0.355 e. The van der Waals surface area contributed by atoms with E-state index in [-0.39, 0.29) is 0 Å². The quantitative estimate of drug-likeness (QED) is 0.563. The highest BCUT2D eigenvalue weighted by Gasteiger charge is 2.48. The van der Waals surface area contributed by atoms with Crippen molar-refractivity contribution in [2.75, 3.05) is 14.1 Å². The molecule has 2 N–H and O–H groups in total. The van der Waals surface area contributed by atoms with Crippen LogP contribution in [-0.4, -0.2) is 63.8 Å². The second-order valence-corrected chi connectivity index (χ2v) is 6.88. The third-order valence-corrected chi connectivity index (χ3v) is 4.41. The van der Waals surface area contributed by atoms with Crippen LogP contribution in [0.3, 0.4) is 0 Å². The van der Waals surface area contributed by atoms with Gasteiger partial charge in [-0.25, -0.2) is 4.98 Å². The van der Waals surface area contributed by atoms with E-state index in [4.69, 9.17) is 4.52 Å². The highest BCUT2D eigenvalue weighted by Crippen LogP contribution is 2.33. The first-order chi connectivity index (χ1) is 15.3. The highest BCUT2D eigenvalue weighted by atomic mass is 19.3. The topological polar surface area (TPSA) is 120 Å². The summed E-state index contributed by atoms with van der Waals surface area (Å²) in [7, 11) is 3.75. The molecule has 1 saturated heterocycles. The molecule has 0 aromatic carbocycles. The molecule has 0 spiro atoms. The number of ether oxygens (including phenoxy) is 2. The molecule has 3 aromatic heterocycles. The molecule has 2 atom stereocenters. The van der Waals surface area contributed by atoms with Gasteiger partial charge in [-0.3, -0.25) is 19.0 Å². The van der Waals surface area contributed by atoms with Crippen molar-refractivity contribution in [2.45, 2.75) is 38.9 Å². The molecule has 10 nitrogen and oxygen atoms in total. The molecule has 5 rings (SSSR count). The minimum atomic E-state index is -3.49. The maximum atomic E-state index is 12.7. The number of nitrogens with one attached hydrogen (secondary N) is 2. The molecular formula is C20H24F2N6O4. The number of hydrogen-bond acceptors (Lipinski definition) is 8. The zero-order chi connectivity index (χ0) is 23.3. The summed E-state index contributed by atoms with van der Waals surface area (Å²) in [5, 5.41) is 11.9.